The SMILES string of the molecule is CCOC(=O)C1(C(=O)OCC)C[C@H]2CCO[C@H]2ON(c2ccccc2)[C@H]1c1ccc(OC)cc1. The minimum Gasteiger partial charge on any atom is -0.497 e. The molecule has 0 N–H and O–H groups in total. The first kappa shape index (κ1) is 24.0. The number of hydrogen-bond acceptors (Lipinski definition) is 8. The van der Waals surface area contributed by atoms with E-state index in [-0.39, 0.29) is 25.6 Å². The monoisotopic (exact) mass is 469 g/mol. The van der Waals surface area contributed by atoms with E-state index in [9.17, 15) is 9.59 Å². The van der Waals surface area contributed by atoms with Crippen LogP contribution in [0.3, 0.4) is 0 Å². The third-order valence-corrected chi connectivity index (χ3v) is 6.38. The third-order valence-electron chi connectivity index (χ3n) is 6.38. The van der Waals surface area contributed by atoms with E-state index >= 15 is 0 Å². The highest BCUT2D eigenvalue weighted by atomic mass is 16.8. The molecule has 0 aliphatic carbocycles. The molecular formula is C26H31NO7. The summed E-state index contributed by atoms with van der Waals surface area (Å²) in [5.74, 6) is -0.802. The number of nitrogens with zero attached hydrogens (tertiary/aromatic N) is 1. The van der Waals surface area contributed by atoms with Crippen LogP contribution in [0.4, 0.5) is 5.69 Å². The van der Waals surface area contributed by atoms with Gasteiger partial charge in [0.2, 0.25) is 0 Å². The molecule has 4 rings (SSSR count). The van der Waals surface area contributed by atoms with Crippen molar-refractivity contribution in [3.05, 3.63) is 60.2 Å². The second kappa shape index (κ2) is 10.4. The molecule has 0 amide bonds. The average molecular weight is 470 g/mol. The lowest BCUT2D eigenvalue weighted by atomic mass is 9.70. The molecule has 0 radical (unpaired) electrons. The molecule has 182 valence electrons. The van der Waals surface area contributed by atoms with E-state index in [1.54, 1.807) is 38.2 Å². The van der Waals surface area contributed by atoms with E-state index in [1.165, 1.54) is 0 Å². The van der Waals surface area contributed by atoms with E-state index < -0.39 is 29.7 Å². The van der Waals surface area contributed by atoms with E-state index in [1.807, 2.05) is 42.5 Å². The summed E-state index contributed by atoms with van der Waals surface area (Å²) in [5.41, 5.74) is -0.313. The number of hydroxylamine groups is 1. The highest BCUT2D eigenvalue weighted by molar-refractivity contribution is 6.02. The zero-order chi connectivity index (χ0) is 24.1. The molecule has 2 aromatic rings. The van der Waals surface area contributed by atoms with Crippen LogP contribution in [-0.4, -0.2) is 45.2 Å². The Balaban J connectivity index is 1.97. The van der Waals surface area contributed by atoms with Crippen LogP contribution in [0.2, 0.25) is 0 Å². The van der Waals surface area contributed by atoms with Gasteiger partial charge < -0.3 is 18.9 Å². The molecular weight excluding hydrogens is 438 g/mol. The lowest BCUT2D eigenvalue weighted by molar-refractivity contribution is -0.176. The number of ether oxygens (including phenoxy) is 4. The number of hydrogen-bond donors (Lipinski definition) is 0. The molecule has 3 atom stereocenters. The fraction of sp³-hybridized carbons (Fsp3) is 0.462. The molecule has 2 aliphatic heterocycles. The van der Waals surface area contributed by atoms with E-state index in [0.29, 0.717) is 30.0 Å². The van der Waals surface area contributed by atoms with Crippen LogP contribution in [0.5, 0.6) is 5.75 Å². The average Bonchev–Trinajstić information content (AvgIpc) is 3.24. The van der Waals surface area contributed by atoms with Gasteiger partial charge in [0.15, 0.2) is 11.7 Å². The minimum atomic E-state index is -1.68. The number of esters is 2. The second-order valence-corrected chi connectivity index (χ2v) is 8.35. The van der Waals surface area contributed by atoms with E-state index in [2.05, 4.69) is 0 Å². The van der Waals surface area contributed by atoms with Crippen molar-refractivity contribution in [2.24, 2.45) is 11.3 Å². The standard InChI is InChI=1S/C26H31NO7/c1-4-31-24(28)26(25(29)32-5-2)17-19-15-16-33-23(19)34-27(20-9-7-6-8-10-20)22(26)18-11-13-21(30-3)14-12-18/h6-14,19,22-23H,4-5,15-17H2,1-3H3/t19-,22+,23+/m1/s1. The van der Waals surface area contributed by atoms with Gasteiger partial charge in [0.05, 0.1) is 32.6 Å². The lowest BCUT2D eigenvalue weighted by Crippen LogP contribution is -2.52. The molecule has 0 bridgehead atoms. The molecule has 2 aromatic carbocycles. The van der Waals surface area contributed by atoms with Gasteiger partial charge >= 0.3 is 11.9 Å². The van der Waals surface area contributed by atoms with Crippen LogP contribution >= 0.6 is 0 Å². The molecule has 0 aromatic heterocycles. The summed E-state index contributed by atoms with van der Waals surface area (Å²) in [6, 6.07) is 15.8. The molecule has 0 spiro atoms. The first-order valence-electron chi connectivity index (χ1n) is 11.7. The summed E-state index contributed by atoms with van der Waals surface area (Å²) in [6.07, 6.45) is 0.227. The summed E-state index contributed by atoms with van der Waals surface area (Å²) < 4.78 is 22.3. The molecule has 0 unspecified atom stereocenters. The Morgan fingerprint density at radius 3 is 2.24 bits per heavy atom. The Hall–Kier alpha value is -3.10. The number of methoxy groups -OCH3 is 1. The molecule has 34 heavy (non-hydrogen) atoms. The Morgan fingerprint density at radius 1 is 1.00 bits per heavy atom. The maximum Gasteiger partial charge on any atom is 0.326 e. The number of para-hydroxylation sites is 1. The Bertz CT molecular complexity index is 960. The molecule has 8 heteroatoms. The van der Waals surface area contributed by atoms with Crippen molar-refractivity contribution in [1.29, 1.82) is 0 Å². The predicted molar refractivity (Wildman–Crippen MR) is 124 cm³/mol. The Morgan fingerprint density at radius 2 is 1.65 bits per heavy atom. The van der Waals surface area contributed by atoms with Crippen LogP contribution in [0.1, 0.15) is 38.3 Å². The first-order valence-corrected chi connectivity index (χ1v) is 11.7. The maximum atomic E-state index is 13.8. The second-order valence-electron chi connectivity index (χ2n) is 8.35. The molecule has 8 nitrogen and oxygen atoms in total. The number of rotatable bonds is 7. The quantitative estimate of drug-likeness (QED) is 0.444. The van der Waals surface area contributed by atoms with Gasteiger partial charge in [-0.25, -0.2) is 9.90 Å². The Kier molecular flexibility index (Phi) is 7.38. The topological polar surface area (TPSA) is 83.5 Å². The van der Waals surface area contributed by atoms with Gasteiger partial charge in [0, 0.05) is 5.92 Å². The summed E-state index contributed by atoms with van der Waals surface area (Å²) >= 11 is 0. The van der Waals surface area contributed by atoms with Crippen molar-refractivity contribution in [1.82, 2.24) is 0 Å². The van der Waals surface area contributed by atoms with E-state index in [0.717, 1.165) is 0 Å². The van der Waals surface area contributed by atoms with Gasteiger partial charge in [-0.1, -0.05) is 30.3 Å². The largest absolute Gasteiger partial charge is 0.497 e. The minimum absolute atomic E-state index is 0.131. The summed E-state index contributed by atoms with van der Waals surface area (Å²) in [7, 11) is 1.58. The van der Waals surface area contributed by atoms with Crippen LogP contribution in [0.25, 0.3) is 0 Å². The Labute approximate surface area is 199 Å². The van der Waals surface area contributed by atoms with Gasteiger partial charge in [-0.15, -0.1) is 0 Å². The van der Waals surface area contributed by atoms with Crippen LogP contribution < -0.4 is 9.80 Å². The van der Waals surface area contributed by atoms with Crippen LogP contribution in [0.15, 0.2) is 54.6 Å². The molecule has 0 saturated carbocycles. The normalized spacial score (nSPS) is 23.5. The van der Waals surface area contributed by atoms with Crippen molar-refractivity contribution in [3.63, 3.8) is 0 Å². The smallest absolute Gasteiger partial charge is 0.326 e. The van der Waals surface area contributed by atoms with Crippen molar-refractivity contribution in [2.45, 2.75) is 39.0 Å². The van der Waals surface area contributed by atoms with Crippen LogP contribution in [0, 0.1) is 11.3 Å². The highest BCUT2D eigenvalue weighted by Crippen LogP contribution is 2.52. The molecule has 2 aliphatic rings. The summed E-state index contributed by atoms with van der Waals surface area (Å²) in [4.78, 5) is 34.0. The molecule has 2 fully saturated rings. The summed E-state index contributed by atoms with van der Waals surface area (Å²) in [5, 5.41) is 1.62. The number of fused-ring (bicyclic) bond motifs is 1. The number of carbonyl (C=O) groups is 2. The fourth-order valence-corrected chi connectivity index (χ4v) is 4.80. The van der Waals surface area contributed by atoms with Gasteiger partial charge in [0.25, 0.3) is 0 Å². The zero-order valence-corrected chi connectivity index (χ0v) is 19.8. The highest BCUT2D eigenvalue weighted by Gasteiger charge is 2.62. The molecule has 2 heterocycles. The lowest BCUT2D eigenvalue weighted by Gasteiger charge is -2.41. The number of carbonyl (C=O) groups excluding carboxylic acids is 2. The van der Waals surface area contributed by atoms with Crippen molar-refractivity contribution in [2.75, 3.05) is 32.0 Å². The van der Waals surface area contributed by atoms with Gasteiger partial charge in [-0.3, -0.25) is 9.59 Å². The first-order chi connectivity index (χ1) is 16.5. The van der Waals surface area contributed by atoms with Gasteiger partial charge in [-0.2, -0.15) is 0 Å². The molecule has 2 saturated heterocycles. The predicted octanol–water partition coefficient (Wildman–Crippen LogP) is 4.05. The van der Waals surface area contributed by atoms with Gasteiger partial charge in [-0.05, 0) is 56.5 Å². The van der Waals surface area contributed by atoms with E-state index in [4.69, 9.17) is 23.8 Å². The third kappa shape index (κ3) is 4.35. The summed E-state index contributed by atoms with van der Waals surface area (Å²) in [6.45, 7) is 4.19. The van der Waals surface area contributed by atoms with Crippen molar-refractivity contribution >= 4 is 17.6 Å². The fourth-order valence-electron chi connectivity index (χ4n) is 4.80. The van der Waals surface area contributed by atoms with Crippen molar-refractivity contribution < 1.29 is 33.4 Å². The zero-order valence-electron chi connectivity index (χ0n) is 19.8. The number of benzene rings is 2. The van der Waals surface area contributed by atoms with Gasteiger partial charge in [0.1, 0.15) is 11.8 Å². The maximum absolute atomic E-state index is 13.8. The number of anilines is 1. The van der Waals surface area contributed by atoms with Crippen LogP contribution in [-0.2, 0) is 28.6 Å². The van der Waals surface area contributed by atoms with Crippen molar-refractivity contribution in [3.8, 4) is 5.75 Å².